The number of hydrogen-bond acceptors (Lipinski definition) is 3. The topological polar surface area (TPSA) is 26.7 Å². The van der Waals surface area contributed by atoms with Gasteiger partial charge in [0.25, 0.3) is 0 Å². The van der Waals surface area contributed by atoms with Crippen LogP contribution in [0.2, 0.25) is 0 Å². The van der Waals surface area contributed by atoms with E-state index >= 15 is 0 Å². The molecule has 1 atom stereocenters. The van der Waals surface area contributed by atoms with Crippen LogP contribution in [0.15, 0.2) is 18.2 Å². The SMILES string of the molecule is CN1c2ccc(F)cc2N(C)C1O. The molecule has 1 aliphatic rings. The lowest BCUT2D eigenvalue weighted by atomic mass is 10.2. The molecule has 13 heavy (non-hydrogen) atoms. The Balaban J connectivity index is 2.54. The van der Waals surface area contributed by atoms with Crippen LogP contribution in [0, 0.1) is 5.82 Å². The van der Waals surface area contributed by atoms with Crippen LogP contribution in [0.4, 0.5) is 15.8 Å². The van der Waals surface area contributed by atoms with E-state index in [0.29, 0.717) is 0 Å². The molecule has 4 heteroatoms. The average Bonchev–Trinajstić information content (AvgIpc) is 2.32. The molecule has 0 saturated heterocycles. The molecule has 70 valence electrons. The quantitative estimate of drug-likeness (QED) is 0.648. The molecule has 1 aromatic carbocycles. The zero-order chi connectivity index (χ0) is 9.59. The van der Waals surface area contributed by atoms with Crippen molar-refractivity contribution in [2.24, 2.45) is 0 Å². The molecule has 0 aromatic heterocycles. The fourth-order valence-corrected chi connectivity index (χ4v) is 1.59. The molecule has 2 rings (SSSR count). The smallest absolute Gasteiger partial charge is 0.207 e. The molecule has 1 aromatic rings. The Bertz CT molecular complexity index is 342. The van der Waals surface area contributed by atoms with Crippen LogP contribution in [0.25, 0.3) is 0 Å². The van der Waals surface area contributed by atoms with Gasteiger partial charge < -0.3 is 14.9 Å². The van der Waals surface area contributed by atoms with Gasteiger partial charge in [0.2, 0.25) is 6.35 Å². The summed E-state index contributed by atoms with van der Waals surface area (Å²) in [5.74, 6) is -0.284. The van der Waals surface area contributed by atoms with Gasteiger partial charge in [-0.25, -0.2) is 4.39 Å². The first-order valence-electron chi connectivity index (χ1n) is 4.04. The lowest BCUT2D eigenvalue weighted by molar-refractivity contribution is 0.183. The summed E-state index contributed by atoms with van der Waals surface area (Å²) < 4.78 is 12.9. The van der Waals surface area contributed by atoms with Gasteiger partial charge in [-0.15, -0.1) is 0 Å². The van der Waals surface area contributed by atoms with Crippen molar-refractivity contribution in [2.45, 2.75) is 6.35 Å². The van der Waals surface area contributed by atoms with Crippen LogP contribution in [0.1, 0.15) is 0 Å². The Labute approximate surface area is 76.0 Å². The highest BCUT2D eigenvalue weighted by molar-refractivity contribution is 5.76. The van der Waals surface area contributed by atoms with E-state index in [2.05, 4.69) is 0 Å². The van der Waals surface area contributed by atoms with Crippen molar-refractivity contribution in [3.05, 3.63) is 24.0 Å². The molecule has 0 radical (unpaired) electrons. The zero-order valence-corrected chi connectivity index (χ0v) is 7.53. The van der Waals surface area contributed by atoms with Crippen LogP contribution < -0.4 is 9.80 Å². The lowest BCUT2D eigenvalue weighted by Crippen LogP contribution is -2.38. The summed E-state index contributed by atoms with van der Waals surface area (Å²) >= 11 is 0. The van der Waals surface area contributed by atoms with Crippen LogP contribution >= 0.6 is 0 Å². The van der Waals surface area contributed by atoms with Gasteiger partial charge in [0, 0.05) is 14.1 Å². The van der Waals surface area contributed by atoms with Gasteiger partial charge in [-0.05, 0) is 18.2 Å². The van der Waals surface area contributed by atoms with Gasteiger partial charge in [-0.3, -0.25) is 0 Å². The van der Waals surface area contributed by atoms with Crippen LogP contribution in [-0.4, -0.2) is 25.6 Å². The summed E-state index contributed by atoms with van der Waals surface area (Å²) in [4.78, 5) is 3.31. The Kier molecular flexibility index (Phi) is 1.66. The standard InChI is InChI=1S/C9H11FN2O/c1-11-7-4-3-6(10)5-8(7)12(2)9(11)13/h3-5,9,13H,1-2H3. The summed E-state index contributed by atoms with van der Waals surface area (Å²) in [6.45, 7) is 0. The molecule has 0 spiro atoms. The minimum absolute atomic E-state index is 0.284. The molecule has 0 bridgehead atoms. The van der Waals surface area contributed by atoms with Crippen molar-refractivity contribution < 1.29 is 9.50 Å². The van der Waals surface area contributed by atoms with Gasteiger partial charge >= 0.3 is 0 Å². The van der Waals surface area contributed by atoms with Crippen molar-refractivity contribution in [2.75, 3.05) is 23.9 Å². The monoisotopic (exact) mass is 182 g/mol. The first kappa shape index (κ1) is 8.31. The van der Waals surface area contributed by atoms with Crippen molar-refractivity contribution in [3.63, 3.8) is 0 Å². The number of anilines is 2. The van der Waals surface area contributed by atoms with Crippen LogP contribution in [0.5, 0.6) is 0 Å². The van der Waals surface area contributed by atoms with Gasteiger partial charge in [0.1, 0.15) is 5.82 Å². The number of aliphatic hydroxyl groups excluding tert-OH is 1. The Morgan fingerprint density at radius 2 is 1.85 bits per heavy atom. The average molecular weight is 182 g/mol. The lowest BCUT2D eigenvalue weighted by Gasteiger charge is -2.21. The highest BCUT2D eigenvalue weighted by Gasteiger charge is 2.29. The molecule has 3 nitrogen and oxygen atoms in total. The summed E-state index contributed by atoms with van der Waals surface area (Å²) in [7, 11) is 3.50. The Hall–Kier alpha value is -1.29. The molecule has 1 aliphatic heterocycles. The van der Waals surface area contributed by atoms with Gasteiger partial charge in [-0.1, -0.05) is 0 Å². The maximum atomic E-state index is 12.9. The van der Waals surface area contributed by atoms with Crippen LogP contribution in [0.3, 0.4) is 0 Å². The number of rotatable bonds is 0. The van der Waals surface area contributed by atoms with E-state index < -0.39 is 6.35 Å². The highest BCUT2D eigenvalue weighted by atomic mass is 19.1. The summed E-state index contributed by atoms with van der Waals surface area (Å²) in [5.41, 5.74) is 1.56. The second-order valence-corrected chi connectivity index (χ2v) is 3.20. The maximum absolute atomic E-state index is 12.9. The second kappa shape index (κ2) is 2.60. The number of halogens is 1. The van der Waals surface area contributed by atoms with E-state index in [1.54, 1.807) is 30.0 Å². The molecule has 0 saturated carbocycles. The molecule has 0 aliphatic carbocycles. The Morgan fingerprint density at radius 1 is 1.23 bits per heavy atom. The second-order valence-electron chi connectivity index (χ2n) is 3.20. The fraction of sp³-hybridized carbons (Fsp3) is 0.333. The summed E-state index contributed by atoms with van der Waals surface area (Å²) in [5, 5.41) is 9.61. The van der Waals surface area contributed by atoms with Gasteiger partial charge in [0.15, 0.2) is 0 Å². The third-order valence-electron chi connectivity index (χ3n) is 2.39. The van der Waals surface area contributed by atoms with Crippen molar-refractivity contribution in [1.82, 2.24) is 0 Å². The Morgan fingerprint density at radius 3 is 2.54 bits per heavy atom. The number of fused-ring (bicyclic) bond motifs is 1. The van der Waals surface area contributed by atoms with Gasteiger partial charge in [-0.2, -0.15) is 0 Å². The minimum Gasteiger partial charge on any atom is -0.356 e. The first-order valence-corrected chi connectivity index (χ1v) is 4.04. The third-order valence-corrected chi connectivity index (χ3v) is 2.39. The summed E-state index contributed by atoms with van der Waals surface area (Å²) in [6.07, 6.45) is -0.697. The molecule has 0 fully saturated rings. The van der Waals surface area contributed by atoms with Crippen molar-refractivity contribution >= 4 is 11.4 Å². The maximum Gasteiger partial charge on any atom is 0.207 e. The predicted molar refractivity (Wildman–Crippen MR) is 49.2 cm³/mol. The molecular weight excluding hydrogens is 171 g/mol. The molecule has 1 N–H and O–H groups in total. The van der Waals surface area contributed by atoms with E-state index in [4.69, 9.17) is 0 Å². The minimum atomic E-state index is -0.697. The number of hydrogen-bond donors (Lipinski definition) is 1. The number of benzene rings is 1. The van der Waals surface area contributed by atoms with E-state index in [1.807, 2.05) is 0 Å². The first-order chi connectivity index (χ1) is 6.11. The van der Waals surface area contributed by atoms with E-state index in [0.717, 1.165) is 11.4 Å². The number of nitrogens with zero attached hydrogens (tertiary/aromatic N) is 2. The molecule has 1 heterocycles. The number of aliphatic hydroxyl groups is 1. The van der Waals surface area contributed by atoms with E-state index in [9.17, 15) is 9.50 Å². The van der Waals surface area contributed by atoms with Crippen LogP contribution in [-0.2, 0) is 0 Å². The highest BCUT2D eigenvalue weighted by Crippen LogP contribution is 2.36. The molecule has 0 amide bonds. The largest absolute Gasteiger partial charge is 0.356 e. The van der Waals surface area contributed by atoms with E-state index in [-0.39, 0.29) is 5.82 Å². The predicted octanol–water partition coefficient (Wildman–Crippen LogP) is 0.988. The van der Waals surface area contributed by atoms with Crippen molar-refractivity contribution in [1.29, 1.82) is 0 Å². The molecule has 1 unspecified atom stereocenters. The molecular formula is C9H11FN2O. The van der Waals surface area contributed by atoms with Gasteiger partial charge in [0.05, 0.1) is 11.4 Å². The van der Waals surface area contributed by atoms with E-state index in [1.165, 1.54) is 12.1 Å². The third kappa shape index (κ3) is 1.06. The zero-order valence-electron chi connectivity index (χ0n) is 7.53. The van der Waals surface area contributed by atoms with Crippen molar-refractivity contribution in [3.8, 4) is 0 Å². The normalized spacial score (nSPS) is 20.8. The summed E-state index contributed by atoms with van der Waals surface area (Å²) in [6, 6.07) is 4.47. The fourth-order valence-electron chi connectivity index (χ4n) is 1.59.